The normalized spacial score (nSPS) is 18.9. The topological polar surface area (TPSA) is 87.9 Å². The first-order chi connectivity index (χ1) is 17.1. The third-order valence-electron chi connectivity index (χ3n) is 7.07. The molecule has 0 bridgehead atoms. The Morgan fingerprint density at radius 3 is 2.56 bits per heavy atom. The summed E-state index contributed by atoms with van der Waals surface area (Å²) in [5.41, 5.74) is 3.66. The minimum absolute atomic E-state index is 0.0888. The molecule has 1 saturated heterocycles. The molecular formula is C24H26ClF2N5O3S. The Kier molecular flexibility index (Phi) is 6.63. The van der Waals surface area contributed by atoms with Crippen molar-refractivity contribution in [3.05, 3.63) is 52.9 Å². The maximum Gasteiger partial charge on any atom is 0.262 e. The number of alkyl halides is 2. The van der Waals surface area contributed by atoms with Crippen molar-refractivity contribution < 1.29 is 22.0 Å². The smallest absolute Gasteiger partial charge is 0.262 e. The molecule has 8 nitrogen and oxygen atoms in total. The van der Waals surface area contributed by atoms with Crippen molar-refractivity contribution in [3.63, 3.8) is 0 Å². The number of nitrogens with zero attached hydrogens (tertiary/aromatic N) is 5. The van der Waals surface area contributed by atoms with Crippen LogP contribution in [0.3, 0.4) is 0 Å². The van der Waals surface area contributed by atoms with Gasteiger partial charge in [-0.2, -0.15) is 5.10 Å². The summed E-state index contributed by atoms with van der Waals surface area (Å²) in [6.07, 6.45) is 0.988. The molecule has 2 aliphatic rings. The zero-order valence-corrected chi connectivity index (χ0v) is 21.2. The molecule has 5 rings (SSSR count). The molecule has 0 spiro atoms. The van der Waals surface area contributed by atoms with Crippen LogP contribution >= 0.6 is 11.6 Å². The second kappa shape index (κ2) is 9.59. The Morgan fingerprint density at radius 2 is 1.89 bits per heavy atom. The number of hydrogen-bond acceptors (Lipinski definition) is 6. The number of carbonyl (C=O) groups excluding carboxylic acids is 1. The maximum atomic E-state index is 14.2. The highest BCUT2D eigenvalue weighted by atomic mass is 35.5. The Hall–Kier alpha value is -2.79. The number of benzene rings is 1. The second-order valence-corrected chi connectivity index (χ2v) is 12.0. The van der Waals surface area contributed by atoms with Crippen LogP contribution in [0.5, 0.6) is 0 Å². The largest absolute Gasteiger partial charge is 0.339 e. The van der Waals surface area contributed by atoms with Crippen LogP contribution in [0, 0.1) is 5.92 Å². The van der Waals surface area contributed by atoms with E-state index in [4.69, 9.17) is 11.6 Å². The van der Waals surface area contributed by atoms with Crippen LogP contribution in [0.1, 0.15) is 36.6 Å². The number of aromatic nitrogens is 3. The van der Waals surface area contributed by atoms with Gasteiger partial charge in [0.05, 0.1) is 29.1 Å². The van der Waals surface area contributed by atoms with Crippen LogP contribution in [0.15, 0.2) is 36.5 Å². The molecule has 0 unspecified atom stereocenters. The van der Waals surface area contributed by atoms with Crippen LogP contribution in [-0.4, -0.2) is 65.3 Å². The molecule has 1 atom stereocenters. The van der Waals surface area contributed by atoms with Crippen molar-refractivity contribution in [1.82, 2.24) is 19.5 Å². The molecule has 36 heavy (non-hydrogen) atoms. The molecule has 0 N–H and O–H groups in total. The number of rotatable bonds is 5. The third kappa shape index (κ3) is 4.66. The molecule has 1 aromatic carbocycles. The number of amides is 1. The van der Waals surface area contributed by atoms with Crippen molar-refractivity contribution in [2.24, 2.45) is 5.92 Å². The lowest BCUT2D eigenvalue weighted by Gasteiger charge is -2.33. The number of anilines is 2. The Bertz CT molecular complexity index is 1380. The highest BCUT2D eigenvalue weighted by Gasteiger charge is 2.36. The van der Waals surface area contributed by atoms with Gasteiger partial charge in [0.2, 0.25) is 5.91 Å². The number of aryl methyl sites for hydroxylation is 1. The molecule has 0 saturated carbocycles. The van der Waals surface area contributed by atoms with Crippen molar-refractivity contribution in [2.75, 3.05) is 30.0 Å². The average molecular weight is 538 g/mol. The Morgan fingerprint density at radius 1 is 1.19 bits per heavy atom. The molecule has 2 aliphatic heterocycles. The van der Waals surface area contributed by atoms with Gasteiger partial charge in [0.15, 0.2) is 10.8 Å². The van der Waals surface area contributed by atoms with E-state index in [2.05, 4.69) is 15.0 Å². The molecule has 4 heterocycles. The summed E-state index contributed by atoms with van der Waals surface area (Å²) in [4.78, 5) is 20.5. The lowest BCUT2D eigenvalue weighted by molar-refractivity contribution is -0.140. The third-order valence-corrected chi connectivity index (χ3v) is 8.97. The van der Waals surface area contributed by atoms with Crippen molar-refractivity contribution in [3.8, 4) is 0 Å². The zero-order valence-electron chi connectivity index (χ0n) is 19.6. The van der Waals surface area contributed by atoms with Gasteiger partial charge in [-0.15, -0.1) is 0 Å². The molecule has 192 valence electrons. The van der Waals surface area contributed by atoms with Gasteiger partial charge in [0.1, 0.15) is 15.9 Å². The van der Waals surface area contributed by atoms with Crippen LogP contribution in [0.4, 0.5) is 20.2 Å². The van der Waals surface area contributed by atoms with Crippen molar-refractivity contribution in [1.29, 1.82) is 0 Å². The molecule has 0 radical (unpaired) electrons. The van der Waals surface area contributed by atoms with Gasteiger partial charge in [-0.25, -0.2) is 26.7 Å². The fourth-order valence-electron chi connectivity index (χ4n) is 5.15. The lowest BCUT2D eigenvalue weighted by atomic mass is 9.98. The lowest BCUT2D eigenvalue weighted by Crippen LogP contribution is -2.41. The summed E-state index contributed by atoms with van der Waals surface area (Å²) in [5.74, 6) is -1.19. The molecule has 1 amide bonds. The summed E-state index contributed by atoms with van der Waals surface area (Å²) in [6.45, 7) is 0.732. The van der Waals surface area contributed by atoms with Gasteiger partial charge in [-0.3, -0.25) is 4.79 Å². The molecule has 1 fully saturated rings. The second-order valence-electron chi connectivity index (χ2n) is 9.33. The summed E-state index contributed by atoms with van der Waals surface area (Å²) >= 11 is 6.06. The van der Waals surface area contributed by atoms with Gasteiger partial charge in [0, 0.05) is 31.3 Å². The summed E-state index contributed by atoms with van der Waals surface area (Å²) in [6, 6.07) is 7.05. The van der Waals surface area contributed by atoms with Crippen LogP contribution in [0.2, 0.25) is 5.15 Å². The van der Waals surface area contributed by atoms with Crippen molar-refractivity contribution >= 4 is 44.4 Å². The van der Waals surface area contributed by atoms with E-state index >= 15 is 0 Å². The van der Waals surface area contributed by atoms with E-state index in [-0.39, 0.29) is 24.3 Å². The van der Waals surface area contributed by atoms with Crippen LogP contribution in [0.25, 0.3) is 5.65 Å². The van der Waals surface area contributed by atoms with E-state index < -0.39 is 34.1 Å². The first-order valence-corrected chi connectivity index (χ1v) is 14.0. The number of carbonyl (C=O) groups is 1. The van der Waals surface area contributed by atoms with E-state index in [1.165, 1.54) is 7.05 Å². The number of hydrogen-bond donors (Lipinski definition) is 0. The highest BCUT2D eigenvalue weighted by Crippen LogP contribution is 2.36. The quantitative estimate of drug-likeness (QED) is 0.488. The summed E-state index contributed by atoms with van der Waals surface area (Å²) in [5, 5.41) is 4.70. The Balaban J connectivity index is 1.38. The van der Waals surface area contributed by atoms with E-state index in [0.717, 1.165) is 41.4 Å². The maximum absolute atomic E-state index is 14.2. The van der Waals surface area contributed by atoms with Gasteiger partial charge >= 0.3 is 0 Å². The molecule has 0 aliphatic carbocycles. The predicted octanol–water partition coefficient (Wildman–Crippen LogP) is 4.06. The van der Waals surface area contributed by atoms with Gasteiger partial charge in [-0.1, -0.05) is 23.7 Å². The van der Waals surface area contributed by atoms with E-state index in [9.17, 15) is 22.0 Å². The standard InChI is InChI=1S/C24H26ClF2N5O3S/c1-30(24(33)16-8-11-36(34,35)12-9-16)22(23(26)27)15-4-6-17(7-5-15)31-10-2-3-18-19(31)14-28-21-13-20(25)29-32(18)21/h4-7,13-14,16,22-23H,2-3,8-12H2,1H3/t22-/m0/s1. The van der Waals surface area contributed by atoms with E-state index in [1.54, 1.807) is 41.0 Å². The van der Waals surface area contributed by atoms with Gasteiger partial charge in [0.25, 0.3) is 6.43 Å². The number of sulfone groups is 1. The van der Waals surface area contributed by atoms with E-state index in [1.807, 2.05) is 0 Å². The predicted molar refractivity (Wildman–Crippen MR) is 133 cm³/mol. The van der Waals surface area contributed by atoms with Crippen LogP contribution in [-0.2, 0) is 21.1 Å². The van der Waals surface area contributed by atoms with Crippen LogP contribution < -0.4 is 4.90 Å². The zero-order chi connectivity index (χ0) is 25.6. The first-order valence-electron chi connectivity index (χ1n) is 11.8. The summed E-state index contributed by atoms with van der Waals surface area (Å²) < 4.78 is 53.4. The Labute approximate surface area is 212 Å². The number of fused-ring (bicyclic) bond motifs is 3. The van der Waals surface area contributed by atoms with Crippen molar-refractivity contribution in [2.45, 2.75) is 38.2 Å². The minimum Gasteiger partial charge on any atom is -0.339 e. The average Bonchev–Trinajstić information content (AvgIpc) is 3.24. The SMILES string of the molecule is CN(C(=O)C1CCS(=O)(=O)CC1)[C@@H](c1ccc(N2CCCc3c2cnc2cc(Cl)nn32)cc1)C(F)F. The monoisotopic (exact) mass is 537 g/mol. The molecule has 3 aromatic rings. The first kappa shape index (κ1) is 24.9. The fraction of sp³-hybridized carbons (Fsp3) is 0.458. The fourth-order valence-corrected chi connectivity index (χ4v) is 6.81. The van der Waals surface area contributed by atoms with Gasteiger partial charge < -0.3 is 9.80 Å². The number of halogens is 3. The minimum atomic E-state index is -3.15. The molecular weight excluding hydrogens is 512 g/mol. The molecule has 12 heteroatoms. The summed E-state index contributed by atoms with van der Waals surface area (Å²) in [7, 11) is -1.79. The van der Waals surface area contributed by atoms with E-state index in [0.29, 0.717) is 16.4 Å². The molecule has 2 aromatic heterocycles. The van der Waals surface area contributed by atoms with Gasteiger partial charge in [-0.05, 0) is 43.4 Å². The highest BCUT2D eigenvalue weighted by molar-refractivity contribution is 7.91.